The highest BCUT2D eigenvalue weighted by Gasteiger charge is 2.07. The van der Waals surface area contributed by atoms with Crippen molar-refractivity contribution in [3.8, 4) is 0 Å². The van der Waals surface area contributed by atoms with Gasteiger partial charge in [-0.25, -0.2) is 14.4 Å². The van der Waals surface area contributed by atoms with Gasteiger partial charge in [0, 0.05) is 22.5 Å². The monoisotopic (exact) mass is 192 g/mol. The van der Waals surface area contributed by atoms with Crippen LogP contribution in [-0.4, -0.2) is 14.4 Å². The lowest BCUT2D eigenvalue weighted by molar-refractivity contribution is 0.251. The Labute approximate surface area is 61.0 Å². The van der Waals surface area contributed by atoms with E-state index in [9.17, 15) is 13.2 Å². The first-order valence-corrected chi connectivity index (χ1v) is 4.27. The largest absolute Gasteiger partial charge is 0.343 e. The molecule has 0 aliphatic carbocycles. The van der Waals surface area contributed by atoms with Gasteiger partial charge in [-0.15, -0.1) is 0 Å². The number of urea groups is 1. The highest BCUT2D eigenvalue weighted by Crippen LogP contribution is 1.87. The molecule has 2 N–H and O–H groups in total. The fraction of sp³-hybridized carbons (Fsp3) is 0. The molecular weight excluding hydrogens is 191 g/mol. The molecule has 0 aromatic heterocycles. The van der Waals surface area contributed by atoms with E-state index in [1.165, 1.54) is 9.56 Å². The highest BCUT2D eigenvalue weighted by atomic mass is 35.7. The van der Waals surface area contributed by atoms with Crippen molar-refractivity contribution in [1.82, 2.24) is 9.56 Å². The Balaban J connectivity index is 3.91. The van der Waals surface area contributed by atoms with Crippen molar-refractivity contribution in [2.45, 2.75) is 0 Å². The number of carbonyl (C=O) groups excluding carboxylic acids is 1. The molecular formula is CH2Cl2N2O3S. The molecule has 8 heteroatoms. The van der Waals surface area contributed by atoms with Gasteiger partial charge >= 0.3 is 15.3 Å². The molecule has 0 radical (unpaired) electrons. The average Bonchev–Trinajstić information content (AvgIpc) is 1.62. The summed E-state index contributed by atoms with van der Waals surface area (Å²) in [6.07, 6.45) is 0. The quantitative estimate of drug-likeness (QED) is 0.451. The third kappa shape index (κ3) is 5.67. The van der Waals surface area contributed by atoms with Gasteiger partial charge in [0.15, 0.2) is 0 Å². The van der Waals surface area contributed by atoms with Gasteiger partial charge in [-0.1, -0.05) is 0 Å². The summed E-state index contributed by atoms with van der Waals surface area (Å²) < 4.78 is 21.2. The Morgan fingerprint density at radius 1 is 1.44 bits per heavy atom. The normalized spacial score (nSPS) is 10.4. The molecule has 0 heterocycles. The zero-order chi connectivity index (χ0) is 7.49. The average molecular weight is 193 g/mol. The first-order chi connectivity index (χ1) is 3.95. The number of hydrogen-bond acceptors (Lipinski definition) is 3. The lowest BCUT2D eigenvalue weighted by Crippen LogP contribution is -2.32. The van der Waals surface area contributed by atoms with Crippen LogP contribution in [0.3, 0.4) is 0 Å². The summed E-state index contributed by atoms with van der Waals surface area (Å²) in [5.74, 6) is 0. The van der Waals surface area contributed by atoms with Crippen molar-refractivity contribution in [3.05, 3.63) is 0 Å². The molecule has 0 aliphatic heterocycles. The van der Waals surface area contributed by atoms with E-state index in [1.54, 1.807) is 0 Å². The Morgan fingerprint density at radius 3 is 2.00 bits per heavy atom. The lowest BCUT2D eigenvalue weighted by Gasteiger charge is -1.94. The number of nitrogens with one attached hydrogen (secondary N) is 2. The zero-order valence-corrected chi connectivity index (χ0v) is 6.22. The molecule has 5 nitrogen and oxygen atoms in total. The van der Waals surface area contributed by atoms with E-state index in [-0.39, 0.29) is 0 Å². The number of hydrogen-bond donors (Lipinski definition) is 2. The summed E-state index contributed by atoms with van der Waals surface area (Å²) >= 11 is 4.67. The molecule has 0 aromatic rings. The standard InChI is InChI=1S/CH2Cl2N2O3S/c2-4-1(6)5-9(3,7)8/h(H2,4,5,6). The van der Waals surface area contributed by atoms with Crippen LogP contribution in [0.15, 0.2) is 0 Å². The van der Waals surface area contributed by atoms with E-state index in [0.29, 0.717) is 0 Å². The molecule has 0 unspecified atom stereocenters. The second-order valence-electron chi connectivity index (χ2n) is 0.964. The molecule has 0 bridgehead atoms. The van der Waals surface area contributed by atoms with Gasteiger partial charge in [0.25, 0.3) is 0 Å². The van der Waals surface area contributed by atoms with Crippen molar-refractivity contribution in [2.24, 2.45) is 0 Å². The molecule has 9 heavy (non-hydrogen) atoms. The van der Waals surface area contributed by atoms with Gasteiger partial charge in [-0.05, 0) is 0 Å². The minimum Gasteiger partial charge on any atom is -0.249 e. The maximum atomic E-state index is 10.0. The van der Waals surface area contributed by atoms with Crippen LogP contribution in [0.2, 0.25) is 0 Å². The van der Waals surface area contributed by atoms with Crippen LogP contribution < -0.4 is 9.56 Å². The van der Waals surface area contributed by atoms with Gasteiger partial charge in [0.2, 0.25) is 0 Å². The molecule has 54 valence electrons. The second-order valence-corrected chi connectivity index (χ2v) is 3.45. The van der Waals surface area contributed by atoms with Crippen LogP contribution >= 0.6 is 22.5 Å². The number of halogens is 2. The smallest absolute Gasteiger partial charge is 0.249 e. The van der Waals surface area contributed by atoms with Crippen molar-refractivity contribution >= 4 is 37.7 Å². The summed E-state index contributed by atoms with van der Waals surface area (Å²) in [5, 5.41) is 0. The molecule has 0 fully saturated rings. The fourth-order valence-electron chi connectivity index (χ4n) is 0.130. The topological polar surface area (TPSA) is 75.3 Å². The fourth-order valence-corrected chi connectivity index (χ4v) is 0.716. The van der Waals surface area contributed by atoms with E-state index >= 15 is 0 Å². The van der Waals surface area contributed by atoms with Crippen molar-refractivity contribution < 1.29 is 13.2 Å². The zero-order valence-electron chi connectivity index (χ0n) is 3.89. The Morgan fingerprint density at radius 2 is 1.89 bits per heavy atom. The number of carbonyl (C=O) groups is 1. The summed E-state index contributed by atoms with van der Waals surface area (Å²) in [6, 6.07) is -1.09. The Kier molecular flexibility index (Phi) is 3.02. The molecule has 0 rings (SSSR count). The van der Waals surface area contributed by atoms with E-state index in [0.717, 1.165) is 0 Å². The van der Waals surface area contributed by atoms with Crippen molar-refractivity contribution in [2.75, 3.05) is 0 Å². The Hall–Kier alpha value is -0.200. The molecule has 0 saturated carbocycles. The summed E-state index contributed by atoms with van der Waals surface area (Å²) in [5.41, 5.74) is 0. The van der Waals surface area contributed by atoms with Gasteiger partial charge in [0.1, 0.15) is 0 Å². The maximum absolute atomic E-state index is 10.0. The van der Waals surface area contributed by atoms with Crippen LogP contribution in [0.1, 0.15) is 0 Å². The Bertz CT molecular complexity index is 198. The minimum absolute atomic E-state index is 1.09. The number of amides is 2. The first kappa shape index (κ1) is 8.80. The third-order valence-electron chi connectivity index (χ3n) is 0.300. The lowest BCUT2D eigenvalue weighted by atomic mass is 11.2. The summed E-state index contributed by atoms with van der Waals surface area (Å²) in [4.78, 5) is 11.5. The highest BCUT2D eigenvalue weighted by molar-refractivity contribution is 8.12. The van der Waals surface area contributed by atoms with Gasteiger partial charge in [-0.2, -0.15) is 8.42 Å². The van der Waals surface area contributed by atoms with Crippen LogP contribution in [0.25, 0.3) is 0 Å². The summed E-state index contributed by atoms with van der Waals surface area (Å²) in [7, 11) is 0.539. The first-order valence-electron chi connectivity index (χ1n) is 1.58. The molecule has 2 amide bonds. The van der Waals surface area contributed by atoms with Crippen LogP contribution in [-0.2, 0) is 9.24 Å². The predicted octanol–water partition coefficient (Wildman–Crippen LogP) is -0.0770. The van der Waals surface area contributed by atoms with Crippen LogP contribution in [0, 0.1) is 0 Å². The minimum atomic E-state index is -4.01. The van der Waals surface area contributed by atoms with E-state index < -0.39 is 15.3 Å². The molecule has 0 spiro atoms. The van der Waals surface area contributed by atoms with E-state index in [1.807, 2.05) is 0 Å². The molecule has 0 aromatic carbocycles. The number of rotatable bonds is 1. The predicted molar refractivity (Wildman–Crippen MR) is 32.3 cm³/mol. The molecule has 0 atom stereocenters. The maximum Gasteiger partial charge on any atom is 0.343 e. The SMILES string of the molecule is O=C(NCl)NS(=O)(=O)Cl. The van der Waals surface area contributed by atoms with Gasteiger partial charge in [0.05, 0.1) is 0 Å². The third-order valence-corrected chi connectivity index (χ3v) is 1.13. The molecule has 0 aliphatic rings. The van der Waals surface area contributed by atoms with Crippen LogP contribution in [0.4, 0.5) is 4.79 Å². The second kappa shape index (κ2) is 3.09. The van der Waals surface area contributed by atoms with Crippen molar-refractivity contribution in [3.63, 3.8) is 0 Å². The summed E-state index contributed by atoms with van der Waals surface area (Å²) in [6.45, 7) is 0. The van der Waals surface area contributed by atoms with Crippen LogP contribution in [0.5, 0.6) is 0 Å². The van der Waals surface area contributed by atoms with Gasteiger partial charge < -0.3 is 0 Å². The van der Waals surface area contributed by atoms with Gasteiger partial charge in [-0.3, -0.25) is 0 Å². The molecule has 0 saturated heterocycles. The van der Waals surface area contributed by atoms with E-state index in [2.05, 4.69) is 22.5 Å². The van der Waals surface area contributed by atoms with Crippen molar-refractivity contribution in [1.29, 1.82) is 0 Å². The van der Waals surface area contributed by atoms with E-state index in [4.69, 9.17) is 0 Å².